The Hall–Kier alpha value is -7.62. The number of nitrogens with zero attached hydrogens (tertiary/aromatic N) is 2. The van der Waals surface area contributed by atoms with E-state index in [2.05, 4.69) is 230 Å². The molecule has 2 heterocycles. The monoisotopic (exact) mass is 768 g/mol. The van der Waals surface area contributed by atoms with Crippen LogP contribution in [0.2, 0.25) is 0 Å². The van der Waals surface area contributed by atoms with Crippen LogP contribution < -0.4 is 4.90 Å². The highest BCUT2D eigenvalue weighted by atomic mass is 16.3. The van der Waals surface area contributed by atoms with Crippen LogP contribution in [0.1, 0.15) is 25.0 Å². The number of fused-ring (bicyclic) bond motifs is 9. The molecule has 2 aromatic heterocycles. The summed E-state index contributed by atoms with van der Waals surface area (Å²) >= 11 is 0. The standard InChI is InChI=1S/C57H40N2O/c1-57(2)47-23-12-9-21-45(47)54-48(57)24-15-26-50(54)59(51-35-34-42(38-16-5-3-6-17-38)56-55(51)46-22-11-14-27-53(46)60-56)41-31-28-37(29-32-41)39-30-33-44-43-20-10-13-25-49(43)58(52(44)36-39)40-18-7-4-8-19-40/h3-36H,1-2H3. The van der Waals surface area contributed by atoms with Crippen LogP contribution in [0.4, 0.5) is 17.1 Å². The molecule has 0 bridgehead atoms. The Balaban J connectivity index is 1.08. The maximum atomic E-state index is 6.83. The molecule has 1 aliphatic rings. The molecule has 1 aliphatic carbocycles. The molecule has 0 aliphatic heterocycles. The van der Waals surface area contributed by atoms with E-state index in [9.17, 15) is 0 Å². The van der Waals surface area contributed by atoms with Crippen LogP contribution in [0.3, 0.4) is 0 Å². The van der Waals surface area contributed by atoms with E-state index in [1.807, 2.05) is 0 Å². The lowest BCUT2D eigenvalue weighted by molar-refractivity contribution is 0.660. The van der Waals surface area contributed by atoms with Gasteiger partial charge in [-0.2, -0.15) is 0 Å². The minimum absolute atomic E-state index is 0.146. The lowest BCUT2D eigenvalue weighted by Crippen LogP contribution is -2.16. The first-order chi connectivity index (χ1) is 29.5. The number of rotatable bonds is 6. The van der Waals surface area contributed by atoms with Gasteiger partial charge in [-0.15, -0.1) is 0 Å². The topological polar surface area (TPSA) is 21.3 Å². The van der Waals surface area contributed by atoms with Crippen molar-refractivity contribution in [3.63, 3.8) is 0 Å². The Morgan fingerprint density at radius 2 is 1.12 bits per heavy atom. The van der Waals surface area contributed by atoms with E-state index in [0.29, 0.717) is 0 Å². The molecule has 3 heteroatoms. The molecular formula is C57H40N2O. The molecule has 0 fully saturated rings. The van der Waals surface area contributed by atoms with E-state index in [1.165, 1.54) is 49.6 Å². The summed E-state index contributed by atoms with van der Waals surface area (Å²) in [7, 11) is 0. The minimum atomic E-state index is -0.146. The van der Waals surface area contributed by atoms with E-state index >= 15 is 0 Å². The average Bonchev–Trinajstić information content (AvgIpc) is 3.93. The van der Waals surface area contributed by atoms with E-state index in [4.69, 9.17) is 4.42 Å². The van der Waals surface area contributed by atoms with Crippen molar-refractivity contribution in [2.75, 3.05) is 4.90 Å². The Morgan fingerprint density at radius 3 is 1.95 bits per heavy atom. The summed E-state index contributed by atoms with van der Waals surface area (Å²) < 4.78 is 9.22. The second kappa shape index (κ2) is 13.2. The summed E-state index contributed by atoms with van der Waals surface area (Å²) in [5.41, 5.74) is 18.2. The molecule has 0 atom stereocenters. The summed E-state index contributed by atoms with van der Waals surface area (Å²) in [4.78, 5) is 2.47. The second-order valence-electron chi connectivity index (χ2n) is 16.5. The van der Waals surface area contributed by atoms with Crippen LogP contribution in [0.15, 0.2) is 211 Å². The average molecular weight is 769 g/mol. The molecule has 0 unspecified atom stereocenters. The minimum Gasteiger partial charge on any atom is -0.455 e. The first-order valence-corrected chi connectivity index (χ1v) is 20.8. The highest BCUT2D eigenvalue weighted by Crippen LogP contribution is 2.55. The Kier molecular flexibility index (Phi) is 7.58. The number of anilines is 3. The van der Waals surface area contributed by atoms with Crippen LogP contribution in [0.5, 0.6) is 0 Å². The maximum Gasteiger partial charge on any atom is 0.145 e. The van der Waals surface area contributed by atoms with Crippen LogP contribution >= 0.6 is 0 Å². The summed E-state index contributed by atoms with van der Waals surface area (Å²) in [6, 6.07) is 74.8. The van der Waals surface area contributed by atoms with Gasteiger partial charge in [0.05, 0.1) is 27.8 Å². The van der Waals surface area contributed by atoms with Crippen molar-refractivity contribution in [2.24, 2.45) is 0 Å². The highest BCUT2D eigenvalue weighted by molar-refractivity contribution is 6.18. The molecule has 9 aromatic carbocycles. The fourth-order valence-corrected chi connectivity index (χ4v) is 9.98. The molecule has 0 amide bonds. The van der Waals surface area contributed by atoms with Gasteiger partial charge < -0.3 is 13.9 Å². The van der Waals surface area contributed by atoms with Crippen molar-refractivity contribution < 1.29 is 4.42 Å². The molecule has 0 spiro atoms. The van der Waals surface area contributed by atoms with E-state index in [1.54, 1.807) is 0 Å². The fraction of sp³-hybridized carbons (Fsp3) is 0.0526. The maximum absolute atomic E-state index is 6.83. The highest BCUT2D eigenvalue weighted by Gasteiger charge is 2.38. The summed E-state index contributed by atoms with van der Waals surface area (Å²) in [5.74, 6) is 0. The Bertz CT molecular complexity index is 3450. The first kappa shape index (κ1) is 34.4. The summed E-state index contributed by atoms with van der Waals surface area (Å²) in [6.45, 7) is 4.70. The number of hydrogen-bond donors (Lipinski definition) is 0. The molecule has 0 radical (unpaired) electrons. The molecule has 284 valence electrons. The Morgan fingerprint density at radius 1 is 0.450 bits per heavy atom. The van der Waals surface area contributed by atoms with E-state index in [-0.39, 0.29) is 5.41 Å². The van der Waals surface area contributed by atoms with Gasteiger partial charge in [0, 0.05) is 44.1 Å². The number of benzene rings is 9. The van der Waals surface area contributed by atoms with Crippen molar-refractivity contribution in [3.8, 4) is 39.1 Å². The van der Waals surface area contributed by atoms with Crippen molar-refractivity contribution in [3.05, 3.63) is 217 Å². The number of para-hydroxylation sites is 3. The van der Waals surface area contributed by atoms with Crippen LogP contribution in [-0.2, 0) is 5.41 Å². The van der Waals surface area contributed by atoms with Crippen LogP contribution in [-0.4, -0.2) is 4.57 Å². The lowest BCUT2D eigenvalue weighted by atomic mass is 9.82. The van der Waals surface area contributed by atoms with Gasteiger partial charge in [-0.3, -0.25) is 0 Å². The number of aromatic nitrogens is 1. The summed E-state index contributed by atoms with van der Waals surface area (Å²) in [5, 5.41) is 4.69. The van der Waals surface area contributed by atoms with Crippen molar-refractivity contribution >= 4 is 60.8 Å². The quantitative estimate of drug-likeness (QED) is 0.168. The third-order valence-corrected chi connectivity index (χ3v) is 12.8. The molecule has 60 heavy (non-hydrogen) atoms. The summed E-state index contributed by atoms with van der Waals surface area (Å²) in [6.07, 6.45) is 0. The van der Waals surface area contributed by atoms with Gasteiger partial charge in [0.15, 0.2) is 0 Å². The number of hydrogen-bond acceptors (Lipinski definition) is 2. The van der Waals surface area contributed by atoms with Crippen LogP contribution in [0.25, 0.3) is 82.8 Å². The normalized spacial score (nSPS) is 13.0. The van der Waals surface area contributed by atoms with Crippen LogP contribution in [0, 0.1) is 0 Å². The first-order valence-electron chi connectivity index (χ1n) is 20.8. The number of furan rings is 1. The molecule has 0 saturated carbocycles. The van der Waals surface area contributed by atoms with Gasteiger partial charge >= 0.3 is 0 Å². The molecule has 0 saturated heterocycles. The van der Waals surface area contributed by atoms with E-state index < -0.39 is 0 Å². The largest absolute Gasteiger partial charge is 0.455 e. The predicted octanol–water partition coefficient (Wildman–Crippen LogP) is 15.8. The molecule has 12 rings (SSSR count). The van der Waals surface area contributed by atoms with Gasteiger partial charge in [0.1, 0.15) is 11.2 Å². The van der Waals surface area contributed by atoms with Gasteiger partial charge in [0.2, 0.25) is 0 Å². The second-order valence-corrected chi connectivity index (χ2v) is 16.5. The smallest absolute Gasteiger partial charge is 0.145 e. The van der Waals surface area contributed by atoms with Crippen molar-refractivity contribution in [1.29, 1.82) is 0 Å². The van der Waals surface area contributed by atoms with Gasteiger partial charge in [-0.25, -0.2) is 0 Å². The SMILES string of the molecule is CC1(C)c2ccccc2-c2c(N(c3ccc(-c4ccc5c6ccccc6n(-c6ccccc6)c5c4)cc3)c3ccc(-c4ccccc4)c4oc5ccccc5c34)cccc21. The zero-order valence-corrected chi connectivity index (χ0v) is 33.4. The van der Waals surface area contributed by atoms with Gasteiger partial charge in [-0.05, 0) is 94.0 Å². The van der Waals surface area contributed by atoms with Crippen molar-refractivity contribution in [2.45, 2.75) is 19.3 Å². The lowest BCUT2D eigenvalue weighted by Gasteiger charge is -2.30. The van der Waals surface area contributed by atoms with Crippen molar-refractivity contribution in [1.82, 2.24) is 4.57 Å². The fourth-order valence-electron chi connectivity index (χ4n) is 9.98. The zero-order valence-electron chi connectivity index (χ0n) is 33.4. The van der Waals surface area contributed by atoms with Gasteiger partial charge in [-0.1, -0.05) is 159 Å². The van der Waals surface area contributed by atoms with E-state index in [0.717, 1.165) is 61.4 Å². The van der Waals surface area contributed by atoms with Gasteiger partial charge in [0.25, 0.3) is 0 Å². The molecular weight excluding hydrogens is 729 g/mol. The molecule has 3 nitrogen and oxygen atoms in total. The third-order valence-electron chi connectivity index (χ3n) is 12.8. The molecule has 0 N–H and O–H groups in total. The predicted molar refractivity (Wildman–Crippen MR) is 251 cm³/mol. The zero-order chi connectivity index (χ0) is 40.0. The Labute approximate surface area is 349 Å². The third kappa shape index (κ3) is 5.09. The molecule has 11 aromatic rings.